The van der Waals surface area contributed by atoms with Gasteiger partial charge in [0.25, 0.3) is 0 Å². The molecule has 0 heterocycles. The summed E-state index contributed by atoms with van der Waals surface area (Å²) >= 11 is 0. The van der Waals surface area contributed by atoms with Gasteiger partial charge in [0.05, 0.1) is 13.0 Å². The lowest BCUT2D eigenvalue weighted by Gasteiger charge is -2.21. The molecule has 1 aromatic carbocycles. The molecule has 0 aliphatic rings. The van der Waals surface area contributed by atoms with Gasteiger partial charge >= 0.3 is 12.6 Å². The van der Waals surface area contributed by atoms with Crippen LogP contribution in [0.15, 0.2) is 24.3 Å². The summed E-state index contributed by atoms with van der Waals surface area (Å²) in [5.74, 6) is -0.429. The number of rotatable bonds is 7. The number of carbonyl (C=O) groups is 1. The molecule has 0 radical (unpaired) electrons. The van der Waals surface area contributed by atoms with Crippen molar-refractivity contribution in [3.05, 3.63) is 29.8 Å². The van der Waals surface area contributed by atoms with E-state index in [1.165, 1.54) is 13.2 Å². The molecule has 0 amide bonds. The number of alkyl halides is 2. The van der Waals surface area contributed by atoms with Crippen LogP contribution in [0.1, 0.15) is 12.5 Å². The minimum Gasteiger partial charge on any atom is -0.469 e. The third-order valence-electron chi connectivity index (χ3n) is 2.82. The lowest BCUT2D eigenvalue weighted by atomic mass is 10.1. The Labute approximate surface area is 117 Å². The van der Waals surface area contributed by atoms with Crippen molar-refractivity contribution in [1.82, 2.24) is 4.90 Å². The van der Waals surface area contributed by atoms with Gasteiger partial charge in [0.2, 0.25) is 0 Å². The van der Waals surface area contributed by atoms with Gasteiger partial charge in [-0.25, -0.2) is 0 Å². The van der Waals surface area contributed by atoms with Crippen molar-refractivity contribution in [2.24, 2.45) is 5.92 Å². The number of carbonyl (C=O) groups excluding carboxylic acids is 1. The van der Waals surface area contributed by atoms with Crippen molar-refractivity contribution >= 4 is 5.97 Å². The summed E-state index contributed by atoms with van der Waals surface area (Å²) in [7, 11) is 3.14. The second-order valence-corrected chi connectivity index (χ2v) is 4.61. The first kappa shape index (κ1) is 16.4. The Morgan fingerprint density at radius 3 is 2.60 bits per heavy atom. The van der Waals surface area contributed by atoms with Crippen molar-refractivity contribution in [2.45, 2.75) is 20.1 Å². The second-order valence-electron chi connectivity index (χ2n) is 4.61. The first-order valence-electron chi connectivity index (χ1n) is 6.23. The Bertz CT molecular complexity index is 440. The van der Waals surface area contributed by atoms with E-state index in [0.29, 0.717) is 18.7 Å². The molecule has 1 aromatic rings. The number of ether oxygens (including phenoxy) is 2. The molecule has 0 saturated heterocycles. The molecule has 0 bridgehead atoms. The van der Waals surface area contributed by atoms with Gasteiger partial charge in [-0.1, -0.05) is 25.1 Å². The van der Waals surface area contributed by atoms with Crippen LogP contribution in [0.3, 0.4) is 0 Å². The largest absolute Gasteiger partial charge is 0.469 e. The smallest absolute Gasteiger partial charge is 0.387 e. The monoisotopic (exact) mass is 287 g/mol. The summed E-state index contributed by atoms with van der Waals surface area (Å²) in [5, 5.41) is 0. The highest BCUT2D eigenvalue weighted by atomic mass is 19.3. The number of para-hydroxylation sites is 1. The maximum atomic E-state index is 12.3. The van der Waals surface area contributed by atoms with Crippen molar-refractivity contribution < 1.29 is 23.0 Å². The maximum Gasteiger partial charge on any atom is 0.387 e. The van der Waals surface area contributed by atoms with Gasteiger partial charge < -0.3 is 14.4 Å². The Hall–Kier alpha value is -1.69. The fourth-order valence-corrected chi connectivity index (χ4v) is 1.94. The summed E-state index contributed by atoms with van der Waals surface area (Å²) in [6.45, 7) is -0.223. The zero-order chi connectivity index (χ0) is 15.1. The molecule has 0 spiro atoms. The molecular formula is C14H19F2NO3. The van der Waals surface area contributed by atoms with E-state index >= 15 is 0 Å². The van der Waals surface area contributed by atoms with Gasteiger partial charge in [0.15, 0.2) is 0 Å². The average molecular weight is 287 g/mol. The van der Waals surface area contributed by atoms with Crippen molar-refractivity contribution in [3.63, 3.8) is 0 Å². The van der Waals surface area contributed by atoms with E-state index in [0.717, 1.165) is 0 Å². The molecule has 0 fully saturated rings. The number of nitrogens with zero attached hydrogens (tertiary/aromatic N) is 1. The van der Waals surface area contributed by atoms with Gasteiger partial charge in [-0.05, 0) is 13.1 Å². The van der Waals surface area contributed by atoms with E-state index in [2.05, 4.69) is 9.47 Å². The summed E-state index contributed by atoms with van der Waals surface area (Å²) < 4.78 is 33.7. The van der Waals surface area contributed by atoms with Crippen LogP contribution in [-0.2, 0) is 16.1 Å². The molecular weight excluding hydrogens is 268 g/mol. The molecule has 0 aliphatic heterocycles. The highest BCUT2D eigenvalue weighted by Crippen LogP contribution is 2.21. The molecule has 6 heteroatoms. The van der Waals surface area contributed by atoms with E-state index < -0.39 is 6.61 Å². The Kier molecular flexibility index (Phi) is 6.38. The highest BCUT2D eigenvalue weighted by Gasteiger charge is 2.17. The minimum atomic E-state index is -2.85. The molecule has 0 aliphatic carbocycles. The predicted molar refractivity (Wildman–Crippen MR) is 70.6 cm³/mol. The molecule has 1 unspecified atom stereocenters. The Morgan fingerprint density at radius 1 is 1.35 bits per heavy atom. The number of hydrogen-bond donors (Lipinski definition) is 0. The number of halogens is 2. The molecule has 20 heavy (non-hydrogen) atoms. The van der Waals surface area contributed by atoms with Crippen molar-refractivity contribution in [1.29, 1.82) is 0 Å². The van der Waals surface area contributed by atoms with Crippen LogP contribution in [0.4, 0.5) is 8.78 Å². The van der Waals surface area contributed by atoms with Crippen LogP contribution >= 0.6 is 0 Å². The molecule has 0 saturated carbocycles. The van der Waals surface area contributed by atoms with Gasteiger partial charge in [-0.3, -0.25) is 4.79 Å². The lowest BCUT2D eigenvalue weighted by Crippen LogP contribution is -2.29. The van der Waals surface area contributed by atoms with Crippen LogP contribution in [0.5, 0.6) is 5.75 Å². The quantitative estimate of drug-likeness (QED) is 0.722. The number of hydrogen-bond acceptors (Lipinski definition) is 4. The fourth-order valence-electron chi connectivity index (χ4n) is 1.94. The second kappa shape index (κ2) is 7.79. The average Bonchev–Trinajstić information content (AvgIpc) is 2.39. The third-order valence-corrected chi connectivity index (χ3v) is 2.82. The van der Waals surface area contributed by atoms with E-state index in [4.69, 9.17) is 0 Å². The van der Waals surface area contributed by atoms with E-state index in [-0.39, 0.29) is 17.6 Å². The van der Waals surface area contributed by atoms with Crippen LogP contribution in [0.25, 0.3) is 0 Å². The summed E-state index contributed by atoms with van der Waals surface area (Å²) in [4.78, 5) is 13.2. The van der Waals surface area contributed by atoms with E-state index in [1.54, 1.807) is 32.2 Å². The van der Waals surface area contributed by atoms with Crippen LogP contribution in [0.2, 0.25) is 0 Å². The SMILES string of the molecule is COC(=O)C(C)CN(C)Cc1ccccc1OC(F)F. The lowest BCUT2D eigenvalue weighted by molar-refractivity contribution is -0.145. The fraction of sp³-hybridized carbons (Fsp3) is 0.500. The number of esters is 1. The minimum absolute atomic E-state index is 0.153. The normalized spacial score (nSPS) is 12.6. The number of benzene rings is 1. The maximum absolute atomic E-state index is 12.3. The van der Waals surface area contributed by atoms with Crippen LogP contribution in [-0.4, -0.2) is 38.2 Å². The van der Waals surface area contributed by atoms with Crippen LogP contribution < -0.4 is 4.74 Å². The standard InChI is InChI=1S/C14H19F2NO3/c1-10(13(18)19-3)8-17(2)9-11-6-4-5-7-12(11)20-14(15)16/h4-7,10,14H,8-9H2,1-3H3. The Morgan fingerprint density at radius 2 is 2.00 bits per heavy atom. The summed E-state index contributed by atoms with van der Waals surface area (Å²) in [5.41, 5.74) is 0.646. The molecule has 0 aromatic heterocycles. The van der Waals surface area contributed by atoms with Gasteiger partial charge in [0.1, 0.15) is 5.75 Å². The predicted octanol–water partition coefficient (Wildman–Crippen LogP) is 2.53. The highest BCUT2D eigenvalue weighted by molar-refractivity contribution is 5.72. The summed E-state index contributed by atoms with van der Waals surface area (Å²) in [6.07, 6.45) is 0. The molecule has 1 atom stereocenters. The van der Waals surface area contributed by atoms with Gasteiger partial charge in [0, 0.05) is 18.7 Å². The Balaban J connectivity index is 2.66. The van der Waals surface area contributed by atoms with E-state index in [9.17, 15) is 13.6 Å². The van der Waals surface area contributed by atoms with E-state index in [1.807, 2.05) is 4.90 Å². The van der Waals surface area contributed by atoms with Crippen molar-refractivity contribution in [2.75, 3.05) is 20.7 Å². The zero-order valence-electron chi connectivity index (χ0n) is 11.8. The van der Waals surface area contributed by atoms with Gasteiger partial charge in [-0.2, -0.15) is 8.78 Å². The zero-order valence-corrected chi connectivity index (χ0v) is 11.8. The first-order valence-corrected chi connectivity index (χ1v) is 6.23. The van der Waals surface area contributed by atoms with Crippen molar-refractivity contribution in [3.8, 4) is 5.75 Å². The first-order chi connectivity index (χ1) is 9.43. The molecule has 0 N–H and O–H groups in total. The topological polar surface area (TPSA) is 38.8 Å². The summed E-state index contributed by atoms with van der Waals surface area (Å²) in [6, 6.07) is 6.61. The third kappa shape index (κ3) is 5.13. The molecule has 4 nitrogen and oxygen atoms in total. The molecule has 112 valence electrons. The van der Waals surface area contributed by atoms with Crippen LogP contribution in [0, 0.1) is 5.92 Å². The molecule has 1 rings (SSSR count). The van der Waals surface area contributed by atoms with Gasteiger partial charge in [-0.15, -0.1) is 0 Å². The number of methoxy groups -OCH3 is 1.